The Bertz CT molecular complexity index is 1550. The number of anilines is 1. The first-order chi connectivity index (χ1) is 16.5. The molecule has 9 nitrogen and oxygen atoms in total. The maximum Gasteiger partial charge on any atom is 0.338 e. The topological polar surface area (TPSA) is 94.5 Å². The molecule has 2 aromatic heterocycles. The zero-order chi connectivity index (χ0) is 25.2. The van der Waals surface area contributed by atoms with E-state index >= 15 is 0 Å². The lowest BCUT2D eigenvalue weighted by Gasteiger charge is -2.30. The predicted molar refractivity (Wildman–Crippen MR) is 131 cm³/mol. The van der Waals surface area contributed by atoms with Gasteiger partial charge in [0, 0.05) is 38.7 Å². The number of aryl methyl sites for hydroxylation is 2. The van der Waals surface area contributed by atoms with E-state index in [1.54, 1.807) is 23.2 Å². The molecular weight excluding hydrogens is 453 g/mol. The second-order valence-electron chi connectivity index (χ2n) is 9.98. The number of ether oxygens (including phenoxy) is 1. The van der Waals surface area contributed by atoms with Crippen LogP contribution in [0.1, 0.15) is 37.0 Å². The number of carboxylic acid groups (broad SMARTS) is 1. The Hall–Kier alpha value is -3.66. The van der Waals surface area contributed by atoms with Crippen LogP contribution in [-0.2, 0) is 24.2 Å². The molecule has 1 fully saturated rings. The first-order valence-corrected chi connectivity index (χ1v) is 11.5. The Morgan fingerprint density at radius 3 is 2.37 bits per heavy atom. The third-order valence-corrected chi connectivity index (χ3v) is 6.58. The van der Waals surface area contributed by atoms with Crippen LogP contribution in [0.4, 0.5) is 10.1 Å². The molecule has 0 radical (unpaired) electrons. The minimum Gasteiger partial charge on any atom is -0.478 e. The van der Waals surface area contributed by atoms with Crippen molar-refractivity contribution in [2.75, 3.05) is 31.2 Å². The average molecular weight is 482 g/mol. The number of morpholine rings is 1. The molecule has 3 heterocycles. The fraction of sp³-hybridized carbons (Fsp3) is 0.400. The molecule has 0 amide bonds. The number of benzene rings is 2. The van der Waals surface area contributed by atoms with Gasteiger partial charge in [-0.15, -0.1) is 0 Å². The Kier molecular flexibility index (Phi) is 5.24. The number of imidazole rings is 2. The van der Waals surface area contributed by atoms with E-state index in [4.69, 9.17) is 9.72 Å². The molecule has 1 N–H and O–H groups in total. The van der Waals surface area contributed by atoms with Crippen molar-refractivity contribution < 1.29 is 19.0 Å². The van der Waals surface area contributed by atoms with E-state index in [0.29, 0.717) is 43.2 Å². The van der Waals surface area contributed by atoms with Crippen molar-refractivity contribution in [2.24, 2.45) is 14.1 Å². The van der Waals surface area contributed by atoms with Crippen molar-refractivity contribution in [1.82, 2.24) is 18.7 Å². The number of rotatable bonds is 3. The van der Waals surface area contributed by atoms with E-state index in [-0.39, 0.29) is 5.69 Å². The number of halogens is 1. The molecule has 0 saturated carbocycles. The summed E-state index contributed by atoms with van der Waals surface area (Å²) in [5.41, 5.74) is 3.00. The zero-order valence-corrected chi connectivity index (χ0v) is 20.4. The lowest BCUT2D eigenvalue weighted by atomic mass is 9.95. The van der Waals surface area contributed by atoms with Crippen LogP contribution in [0.2, 0.25) is 0 Å². The fourth-order valence-corrected chi connectivity index (χ4v) is 4.81. The lowest BCUT2D eigenvalue weighted by Crippen LogP contribution is -2.36. The van der Waals surface area contributed by atoms with Crippen LogP contribution < -0.4 is 10.6 Å². The molecule has 0 bridgehead atoms. The summed E-state index contributed by atoms with van der Waals surface area (Å²) in [5, 5.41) is 9.41. The number of carboxylic acids is 1. The Morgan fingerprint density at radius 1 is 1.06 bits per heavy atom. The highest BCUT2D eigenvalue weighted by atomic mass is 19.1. The standard InChI is InChI=1S/C25H28FN5O4/c1-25(2,3)23-27-17-12-15(22(32)33)16(26)13-18(17)31(23)14-10-19-21(29(5)24(34)28(19)4)20(11-14)30-6-8-35-9-7-30/h10-13H,6-9H2,1-5H3,(H,32,33). The number of nitrogens with zero attached hydrogens (tertiary/aromatic N) is 5. The second-order valence-corrected chi connectivity index (χ2v) is 9.98. The van der Waals surface area contributed by atoms with Crippen molar-refractivity contribution in [3.05, 3.63) is 52.0 Å². The highest BCUT2D eigenvalue weighted by Crippen LogP contribution is 2.35. The average Bonchev–Trinajstić information content (AvgIpc) is 3.29. The van der Waals surface area contributed by atoms with E-state index in [2.05, 4.69) is 4.90 Å². The van der Waals surface area contributed by atoms with Crippen molar-refractivity contribution in [1.29, 1.82) is 0 Å². The van der Waals surface area contributed by atoms with Gasteiger partial charge in [-0.2, -0.15) is 0 Å². The van der Waals surface area contributed by atoms with Crippen LogP contribution in [0.15, 0.2) is 29.1 Å². The van der Waals surface area contributed by atoms with Gasteiger partial charge in [-0.05, 0) is 18.2 Å². The van der Waals surface area contributed by atoms with Gasteiger partial charge in [0.1, 0.15) is 11.6 Å². The van der Waals surface area contributed by atoms with E-state index in [1.165, 1.54) is 12.1 Å². The third kappa shape index (κ3) is 3.59. The number of carbonyl (C=O) groups is 1. The summed E-state index contributed by atoms with van der Waals surface area (Å²) in [6.07, 6.45) is 0. The molecule has 0 unspecified atom stereocenters. The Balaban J connectivity index is 1.88. The van der Waals surface area contributed by atoms with E-state index in [1.807, 2.05) is 37.5 Å². The summed E-state index contributed by atoms with van der Waals surface area (Å²) in [6, 6.07) is 6.40. The van der Waals surface area contributed by atoms with Gasteiger partial charge < -0.3 is 14.7 Å². The molecule has 5 rings (SSSR count). The molecule has 35 heavy (non-hydrogen) atoms. The Labute approximate surface area is 201 Å². The van der Waals surface area contributed by atoms with E-state index in [0.717, 1.165) is 22.4 Å². The van der Waals surface area contributed by atoms with Gasteiger partial charge in [0.2, 0.25) is 0 Å². The number of aromatic nitrogens is 4. The quantitative estimate of drug-likeness (QED) is 0.483. The summed E-state index contributed by atoms with van der Waals surface area (Å²) < 4.78 is 25.5. The predicted octanol–water partition coefficient (Wildman–Crippen LogP) is 3.19. The SMILES string of the molecule is Cn1c(=O)n(C)c2c(N3CCOCC3)cc(-n3c(C(C)(C)C)nc4cc(C(=O)O)c(F)cc43)cc21. The second kappa shape index (κ2) is 7.94. The van der Waals surface area contributed by atoms with E-state index < -0.39 is 22.8 Å². The lowest BCUT2D eigenvalue weighted by molar-refractivity contribution is 0.0692. The van der Waals surface area contributed by atoms with E-state index in [9.17, 15) is 19.1 Å². The van der Waals surface area contributed by atoms with Crippen molar-refractivity contribution in [3.63, 3.8) is 0 Å². The van der Waals surface area contributed by atoms with Crippen LogP contribution in [0.25, 0.3) is 27.8 Å². The summed E-state index contributed by atoms with van der Waals surface area (Å²) in [6.45, 7) is 8.51. The van der Waals surface area contributed by atoms with Crippen LogP contribution >= 0.6 is 0 Å². The largest absolute Gasteiger partial charge is 0.478 e. The van der Waals surface area contributed by atoms with Gasteiger partial charge in [0.05, 0.1) is 52.2 Å². The summed E-state index contributed by atoms with van der Waals surface area (Å²) in [7, 11) is 3.48. The van der Waals surface area contributed by atoms with Crippen molar-refractivity contribution in [2.45, 2.75) is 26.2 Å². The van der Waals surface area contributed by atoms with Gasteiger partial charge in [0.15, 0.2) is 0 Å². The molecule has 2 aromatic carbocycles. The minimum absolute atomic E-state index is 0.143. The van der Waals surface area contributed by atoms with Crippen molar-refractivity contribution >= 4 is 33.7 Å². The maximum absolute atomic E-state index is 14.8. The van der Waals surface area contributed by atoms with Gasteiger partial charge in [-0.3, -0.25) is 13.7 Å². The molecule has 1 saturated heterocycles. The normalized spacial score (nSPS) is 14.9. The summed E-state index contributed by atoms with van der Waals surface area (Å²) >= 11 is 0. The third-order valence-electron chi connectivity index (χ3n) is 6.58. The molecular formula is C25H28FN5O4. The molecule has 1 aliphatic rings. The number of fused-ring (bicyclic) bond motifs is 2. The molecule has 0 aliphatic carbocycles. The maximum atomic E-state index is 14.8. The van der Waals surface area contributed by atoms with Crippen LogP contribution in [0.5, 0.6) is 0 Å². The number of hydrogen-bond donors (Lipinski definition) is 1. The number of hydrogen-bond acceptors (Lipinski definition) is 5. The van der Waals surface area contributed by atoms with Gasteiger partial charge in [-0.1, -0.05) is 20.8 Å². The molecule has 0 spiro atoms. The van der Waals surface area contributed by atoms with Crippen LogP contribution in [0, 0.1) is 5.82 Å². The molecule has 4 aromatic rings. The summed E-state index contributed by atoms with van der Waals surface area (Å²) in [5.74, 6) is -1.51. The zero-order valence-electron chi connectivity index (χ0n) is 20.4. The molecule has 184 valence electrons. The monoisotopic (exact) mass is 481 g/mol. The van der Waals surface area contributed by atoms with Gasteiger partial charge in [-0.25, -0.2) is 19.0 Å². The molecule has 0 atom stereocenters. The highest BCUT2D eigenvalue weighted by molar-refractivity contribution is 5.95. The highest BCUT2D eigenvalue weighted by Gasteiger charge is 2.28. The molecule has 10 heteroatoms. The summed E-state index contributed by atoms with van der Waals surface area (Å²) in [4.78, 5) is 31.3. The van der Waals surface area contributed by atoms with Gasteiger partial charge >= 0.3 is 11.7 Å². The van der Waals surface area contributed by atoms with Crippen LogP contribution in [0.3, 0.4) is 0 Å². The first kappa shape index (κ1) is 23.1. The minimum atomic E-state index is -1.34. The van der Waals surface area contributed by atoms with Crippen LogP contribution in [-0.4, -0.2) is 56.1 Å². The smallest absolute Gasteiger partial charge is 0.338 e. The first-order valence-electron chi connectivity index (χ1n) is 11.5. The number of aromatic carboxylic acids is 1. The Morgan fingerprint density at radius 2 is 1.74 bits per heavy atom. The fourth-order valence-electron chi connectivity index (χ4n) is 4.81. The van der Waals surface area contributed by atoms with Crippen molar-refractivity contribution in [3.8, 4) is 5.69 Å². The van der Waals surface area contributed by atoms with Gasteiger partial charge in [0.25, 0.3) is 0 Å². The molecule has 1 aliphatic heterocycles.